The van der Waals surface area contributed by atoms with Crippen LogP contribution in [-0.4, -0.2) is 23.6 Å². The molecule has 1 N–H and O–H groups in total. The van der Waals surface area contributed by atoms with E-state index in [0.717, 1.165) is 63.7 Å². The highest BCUT2D eigenvalue weighted by Crippen LogP contribution is 2.34. The first-order valence-electron chi connectivity index (χ1n) is 16.6. The molecule has 3 heteroatoms. The zero-order chi connectivity index (χ0) is 29.9. The first kappa shape index (κ1) is 36.4. The minimum atomic E-state index is -0.403. The van der Waals surface area contributed by atoms with Crippen molar-refractivity contribution < 1.29 is 14.6 Å². The second-order valence-electron chi connectivity index (χ2n) is 12.9. The Morgan fingerprint density at radius 1 is 0.925 bits per heavy atom. The van der Waals surface area contributed by atoms with Gasteiger partial charge in [0.15, 0.2) is 0 Å². The van der Waals surface area contributed by atoms with Gasteiger partial charge in [-0.05, 0) is 115 Å². The molecule has 230 valence electrons. The molecule has 0 aliphatic heterocycles. The summed E-state index contributed by atoms with van der Waals surface area (Å²) >= 11 is 0. The minimum absolute atomic E-state index is 0.128. The Bertz CT molecular complexity index is 843. The molecule has 0 aromatic carbocycles. The van der Waals surface area contributed by atoms with E-state index in [-0.39, 0.29) is 11.8 Å². The van der Waals surface area contributed by atoms with Crippen LogP contribution in [0, 0.1) is 17.8 Å². The third kappa shape index (κ3) is 15.4. The molecule has 3 nitrogen and oxygen atoms in total. The van der Waals surface area contributed by atoms with Crippen LogP contribution in [0.4, 0.5) is 0 Å². The van der Waals surface area contributed by atoms with E-state index in [1.165, 1.54) is 67.2 Å². The van der Waals surface area contributed by atoms with E-state index < -0.39 is 6.10 Å². The largest absolute Gasteiger partial charge is 0.493 e. The molecule has 0 spiro atoms. The number of hydrogen-bond donors (Lipinski definition) is 1. The highest BCUT2D eigenvalue weighted by molar-refractivity contribution is 5.77. The van der Waals surface area contributed by atoms with Gasteiger partial charge in [-0.1, -0.05) is 83.1 Å². The lowest BCUT2D eigenvalue weighted by atomic mass is 9.84. The zero-order valence-electron chi connectivity index (χ0n) is 27.6. The van der Waals surface area contributed by atoms with Crippen LogP contribution in [0.15, 0.2) is 46.3 Å². The van der Waals surface area contributed by atoms with E-state index in [9.17, 15) is 9.90 Å². The van der Waals surface area contributed by atoms with Crippen LogP contribution >= 0.6 is 0 Å². The van der Waals surface area contributed by atoms with Gasteiger partial charge in [-0.2, -0.15) is 0 Å². The molecule has 0 fully saturated rings. The second-order valence-corrected chi connectivity index (χ2v) is 12.9. The molecule has 0 saturated carbocycles. The van der Waals surface area contributed by atoms with E-state index >= 15 is 0 Å². The average molecular weight is 557 g/mol. The first-order valence-corrected chi connectivity index (χ1v) is 16.6. The molecule has 0 saturated heterocycles. The summed E-state index contributed by atoms with van der Waals surface area (Å²) in [6.07, 6.45) is 24.0. The maximum atomic E-state index is 11.4. The molecule has 40 heavy (non-hydrogen) atoms. The predicted molar refractivity (Wildman–Crippen MR) is 173 cm³/mol. The Hall–Kier alpha value is -1.61. The fourth-order valence-corrected chi connectivity index (χ4v) is 5.40. The molecule has 4 unspecified atom stereocenters. The Kier molecular flexibility index (Phi) is 19.3. The van der Waals surface area contributed by atoms with Crippen molar-refractivity contribution >= 4 is 5.78 Å². The van der Waals surface area contributed by atoms with Crippen LogP contribution in [0.2, 0.25) is 0 Å². The van der Waals surface area contributed by atoms with Crippen molar-refractivity contribution in [2.45, 2.75) is 158 Å². The maximum Gasteiger partial charge on any atom is 0.132 e. The molecule has 1 rings (SSSR count). The lowest BCUT2D eigenvalue weighted by molar-refractivity contribution is -0.120. The van der Waals surface area contributed by atoms with E-state index in [1.807, 2.05) is 6.92 Å². The smallest absolute Gasteiger partial charge is 0.132 e. The van der Waals surface area contributed by atoms with Crippen LogP contribution in [0.1, 0.15) is 152 Å². The van der Waals surface area contributed by atoms with E-state index in [1.54, 1.807) is 6.92 Å². The van der Waals surface area contributed by atoms with E-state index in [2.05, 4.69) is 59.8 Å². The highest BCUT2D eigenvalue weighted by atomic mass is 16.5. The van der Waals surface area contributed by atoms with Gasteiger partial charge in [-0.25, -0.2) is 0 Å². The van der Waals surface area contributed by atoms with Gasteiger partial charge in [0, 0.05) is 11.8 Å². The van der Waals surface area contributed by atoms with Crippen LogP contribution in [0.25, 0.3) is 0 Å². The number of ketones is 1. The lowest BCUT2D eigenvalue weighted by Crippen LogP contribution is -2.23. The topological polar surface area (TPSA) is 46.5 Å². The van der Waals surface area contributed by atoms with Crippen molar-refractivity contribution in [3.05, 3.63) is 46.3 Å². The lowest BCUT2D eigenvalue weighted by Gasteiger charge is -2.29. The van der Waals surface area contributed by atoms with Crippen molar-refractivity contribution in [2.24, 2.45) is 17.8 Å². The molecular formula is C37H64O3. The monoisotopic (exact) mass is 556 g/mol. The minimum Gasteiger partial charge on any atom is -0.493 e. The van der Waals surface area contributed by atoms with Crippen molar-refractivity contribution in [2.75, 3.05) is 6.61 Å². The first-order chi connectivity index (χ1) is 19.1. The quantitative estimate of drug-likeness (QED) is 0.107. The standard InChI is InChI=1S/C37H64O3/c1-9-10-11-12-13-14-26-40-37-33(7)32(6)36(39)27-35(37)25-24-30(4)21-16-20-28(2)18-15-19-29(3)22-17-23-31(5)34(8)38/h20,22,27,30-32,36,39H,9-19,21,23-26H2,1-8H3/b28-20+,29-22+. The maximum absolute atomic E-state index is 11.4. The van der Waals surface area contributed by atoms with Crippen molar-refractivity contribution in [1.29, 1.82) is 0 Å². The number of ether oxygens (including phenoxy) is 1. The number of aliphatic hydroxyl groups excluding tert-OH is 1. The summed E-state index contributed by atoms with van der Waals surface area (Å²) < 4.78 is 6.35. The third-order valence-corrected chi connectivity index (χ3v) is 8.95. The molecule has 1 aliphatic rings. The predicted octanol–water partition coefficient (Wildman–Crippen LogP) is 10.8. The van der Waals surface area contributed by atoms with Gasteiger partial charge in [0.25, 0.3) is 0 Å². The number of allylic oxidation sites excluding steroid dienone is 5. The summed E-state index contributed by atoms with van der Waals surface area (Å²) in [5, 5.41) is 10.6. The molecular weight excluding hydrogens is 492 g/mol. The number of Topliss-reactive ketones (excluding diaryl/α,β-unsaturated/α-hetero) is 1. The molecule has 0 bridgehead atoms. The normalized spacial score (nSPS) is 20.0. The molecule has 0 amide bonds. The Balaban J connectivity index is 2.40. The van der Waals surface area contributed by atoms with E-state index in [4.69, 9.17) is 4.74 Å². The number of rotatable bonds is 22. The summed E-state index contributed by atoms with van der Waals surface area (Å²) in [5.74, 6) is 2.31. The van der Waals surface area contributed by atoms with Crippen LogP contribution < -0.4 is 0 Å². The van der Waals surface area contributed by atoms with Crippen LogP contribution in [0.3, 0.4) is 0 Å². The van der Waals surface area contributed by atoms with Crippen molar-refractivity contribution in [3.63, 3.8) is 0 Å². The van der Waals surface area contributed by atoms with Crippen LogP contribution in [0.5, 0.6) is 0 Å². The second kappa shape index (κ2) is 21.1. The number of hydrogen-bond acceptors (Lipinski definition) is 3. The third-order valence-electron chi connectivity index (χ3n) is 8.95. The molecule has 0 radical (unpaired) electrons. The number of aliphatic hydroxyl groups is 1. The molecule has 0 aromatic rings. The fraction of sp³-hybridized carbons (Fsp3) is 0.757. The molecule has 1 aliphatic carbocycles. The Labute approximate surface area is 248 Å². The summed E-state index contributed by atoms with van der Waals surface area (Å²) in [4.78, 5) is 11.4. The van der Waals surface area contributed by atoms with Crippen molar-refractivity contribution in [3.8, 4) is 0 Å². The Morgan fingerprint density at radius 2 is 1.52 bits per heavy atom. The van der Waals surface area contributed by atoms with Gasteiger partial charge in [0.1, 0.15) is 11.5 Å². The number of carbonyl (C=O) groups is 1. The van der Waals surface area contributed by atoms with Gasteiger partial charge in [0.2, 0.25) is 0 Å². The summed E-state index contributed by atoms with van der Waals surface area (Å²) in [6, 6.07) is 0. The van der Waals surface area contributed by atoms with Gasteiger partial charge >= 0.3 is 0 Å². The van der Waals surface area contributed by atoms with E-state index in [0.29, 0.717) is 11.7 Å². The SMILES string of the molecule is CCCCCCCCOC1=C(C)C(C)C(O)C=C1CCC(C)CC/C=C(\C)CCC/C(C)=C/CCC(C)C(C)=O. The molecule has 4 atom stereocenters. The molecule has 0 heterocycles. The summed E-state index contributed by atoms with van der Waals surface area (Å²) in [7, 11) is 0. The Morgan fingerprint density at radius 3 is 2.15 bits per heavy atom. The summed E-state index contributed by atoms with van der Waals surface area (Å²) in [5.41, 5.74) is 5.37. The summed E-state index contributed by atoms with van der Waals surface area (Å²) in [6.45, 7) is 17.9. The van der Waals surface area contributed by atoms with Gasteiger partial charge < -0.3 is 9.84 Å². The highest BCUT2D eigenvalue weighted by Gasteiger charge is 2.26. The van der Waals surface area contributed by atoms with Gasteiger partial charge in [-0.3, -0.25) is 4.79 Å². The van der Waals surface area contributed by atoms with Crippen molar-refractivity contribution in [1.82, 2.24) is 0 Å². The van der Waals surface area contributed by atoms with Gasteiger partial charge in [0.05, 0.1) is 12.7 Å². The fourth-order valence-electron chi connectivity index (χ4n) is 5.40. The number of unbranched alkanes of at least 4 members (excludes halogenated alkanes) is 5. The number of carbonyl (C=O) groups excluding carboxylic acids is 1. The van der Waals surface area contributed by atoms with Crippen LogP contribution in [-0.2, 0) is 9.53 Å². The molecule has 0 aromatic heterocycles. The average Bonchev–Trinajstić information content (AvgIpc) is 2.91. The zero-order valence-corrected chi connectivity index (χ0v) is 27.6. The van der Waals surface area contributed by atoms with Gasteiger partial charge in [-0.15, -0.1) is 0 Å².